The summed E-state index contributed by atoms with van der Waals surface area (Å²) in [6.45, 7) is 0.469. The number of hydrogen-bond acceptors (Lipinski definition) is 5. The zero-order chi connectivity index (χ0) is 13.4. The van der Waals surface area contributed by atoms with E-state index in [2.05, 4.69) is 16.0 Å². The Hall–Kier alpha value is 0.180. The Labute approximate surface area is 122 Å². The summed E-state index contributed by atoms with van der Waals surface area (Å²) in [4.78, 5) is 3.72. The fraction of sp³-hybridized carbons (Fsp3) is 0.700. The molecule has 0 bridgehead atoms. The van der Waals surface area contributed by atoms with Crippen LogP contribution in [0, 0.1) is 0 Å². The molecule has 0 aliphatic carbocycles. The van der Waals surface area contributed by atoms with Crippen molar-refractivity contribution in [2.45, 2.75) is 29.9 Å². The van der Waals surface area contributed by atoms with Crippen molar-refractivity contribution in [1.29, 1.82) is 0 Å². The number of nitrogens with one attached hydrogen (secondary N) is 1. The van der Waals surface area contributed by atoms with Gasteiger partial charge in [-0.15, -0.1) is 0 Å². The second kappa shape index (κ2) is 8.37. The molecule has 0 fully saturated rings. The maximum absolute atomic E-state index is 11.8. The van der Waals surface area contributed by atoms with Crippen LogP contribution in [0.5, 0.6) is 0 Å². The minimum Gasteiger partial charge on any atom is -0.232 e. The summed E-state index contributed by atoms with van der Waals surface area (Å²) in [5.74, 6) is 1.17. The van der Waals surface area contributed by atoms with E-state index >= 15 is 0 Å². The third-order valence-electron chi connectivity index (χ3n) is 2.29. The molecule has 0 aromatic carbocycles. The summed E-state index contributed by atoms with van der Waals surface area (Å²) < 4.78 is 26.5. The summed E-state index contributed by atoms with van der Waals surface area (Å²) in [5, 5.41) is 0. The molecular weight excluding hydrogens is 312 g/mol. The van der Waals surface area contributed by atoms with Gasteiger partial charge in [0.15, 0.2) is 8.68 Å². The lowest BCUT2D eigenvalue weighted by Gasteiger charge is -2.04. The lowest BCUT2D eigenvalue weighted by Crippen LogP contribution is -2.23. The van der Waals surface area contributed by atoms with Gasteiger partial charge < -0.3 is 0 Å². The van der Waals surface area contributed by atoms with Crippen molar-refractivity contribution in [3.63, 3.8) is 0 Å². The zero-order valence-electron chi connectivity index (χ0n) is 10.2. The van der Waals surface area contributed by atoms with Crippen molar-refractivity contribution in [3.8, 4) is 0 Å². The second-order valence-electron chi connectivity index (χ2n) is 3.74. The highest BCUT2D eigenvalue weighted by Gasteiger charge is 2.16. The molecule has 18 heavy (non-hydrogen) atoms. The van der Waals surface area contributed by atoms with Crippen molar-refractivity contribution in [2.75, 3.05) is 18.6 Å². The number of halogens is 1. The molecule has 1 heterocycles. The smallest absolute Gasteiger partial charge is 0.232 e. The maximum atomic E-state index is 11.8. The molecule has 1 N–H and O–H groups in total. The molecule has 1 rings (SSSR count). The molecule has 1 aromatic heterocycles. The minimum atomic E-state index is -3.42. The van der Waals surface area contributed by atoms with E-state index in [1.807, 2.05) is 11.8 Å². The predicted molar refractivity (Wildman–Crippen MR) is 79.2 cm³/mol. The predicted octanol–water partition coefficient (Wildman–Crippen LogP) is 3.00. The van der Waals surface area contributed by atoms with Crippen molar-refractivity contribution >= 4 is 44.7 Å². The first-order valence-electron chi connectivity index (χ1n) is 5.66. The normalized spacial score (nSPS) is 11.9. The molecule has 104 valence electrons. The van der Waals surface area contributed by atoms with Crippen LogP contribution in [-0.2, 0) is 10.0 Å². The van der Waals surface area contributed by atoms with Gasteiger partial charge in [0, 0.05) is 6.54 Å². The number of sulfonamides is 1. The Balaban J connectivity index is 2.22. The Bertz CT molecular complexity index is 448. The molecule has 4 nitrogen and oxygen atoms in total. The quantitative estimate of drug-likeness (QED) is 0.708. The Kier molecular flexibility index (Phi) is 7.55. The Morgan fingerprint density at radius 1 is 1.39 bits per heavy atom. The van der Waals surface area contributed by atoms with Crippen molar-refractivity contribution in [2.24, 2.45) is 0 Å². The zero-order valence-corrected chi connectivity index (χ0v) is 13.4. The highest BCUT2D eigenvalue weighted by molar-refractivity contribution is 7.98. The van der Waals surface area contributed by atoms with E-state index in [9.17, 15) is 8.42 Å². The summed E-state index contributed by atoms with van der Waals surface area (Å²) in [5.41, 5.74) is 0. The van der Waals surface area contributed by atoms with Gasteiger partial charge >= 0.3 is 0 Å². The first-order chi connectivity index (χ1) is 8.56. The summed E-state index contributed by atoms with van der Waals surface area (Å²) in [6.07, 6.45) is 7.63. The Morgan fingerprint density at radius 2 is 2.11 bits per heavy atom. The summed E-state index contributed by atoms with van der Waals surface area (Å²) in [6, 6.07) is 0. The third kappa shape index (κ3) is 5.88. The third-order valence-corrected chi connectivity index (χ3v) is 6.02. The monoisotopic (exact) mass is 328 g/mol. The second-order valence-corrected chi connectivity index (χ2v) is 8.33. The highest BCUT2D eigenvalue weighted by atomic mass is 35.5. The molecule has 0 aliphatic rings. The molecule has 1 aromatic rings. The van der Waals surface area contributed by atoms with Gasteiger partial charge in [0.1, 0.15) is 0 Å². The van der Waals surface area contributed by atoms with E-state index in [0.717, 1.165) is 30.6 Å². The summed E-state index contributed by atoms with van der Waals surface area (Å²) in [7, 11) is -3.42. The average molecular weight is 329 g/mol. The number of nitrogens with zero attached hydrogens (tertiary/aromatic N) is 1. The van der Waals surface area contributed by atoms with Crippen LogP contribution in [0.4, 0.5) is 0 Å². The van der Waals surface area contributed by atoms with Crippen molar-refractivity contribution in [3.05, 3.63) is 10.7 Å². The van der Waals surface area contributed by atoms with E-state index in [4.69, 9.17) is 11.6 Å². The number of hydrogen-bond donors (Lipinski definition) is 1. The lowest BCUT2D eigenvalue weighted by atomic mass is 10.2. The van der Waals surface area contributed by atoms with Gasteiger partial charge in [-0.05, 0) is 24.9 Å². The van der Waals surface area contributed by atoms with Gasteiger partial charge in [-0.2, -0.15) is 11.8 Å². The molecule has 0 spiro atoms. The van der Waals surface area contributed by atoms with Gasteiger partial charge in [-0.25, -0.2) is 18.1 Å². The average Bonchev–Trinajstić information content (AvgIpc) is 2.75. The highest BCUT2D eigenvalue weighted by Crippen LogP contribution is 2.22. The van der Waals surface area contributed by atoms with Crippen LogP contribution in [0.2, 0.25) is 4.47 Å². The molecule has 8 heteroatoms. The minimum absolute atomic E-state index is 0.176. The van der Waals surface area contributed by atoms with Crippen LogP contribution >= 0.6 is 34.7 Å². The molecule has 0 saturated carbocycles. The van der Waals surface area contributed by atoms with Gasteiger partial charge in [0.25, 0.3) is 10.0 Å². The largest absolute Gasteiger partial charge is 0.251 e. The number of aromatic nitrogens is 1. The molecule has 0 saturated heterocycles. The SMILES string of the molecule is CSCCCCCCNS(=O)(=O)c1cnc(Cl)s1. The van der Waals surface area contributed by atoms with E-state index in [0.29, 0.717) is 6.54 Å². The molecule has 0 amide bonds. The number of unbranched alkanes of at least 4 members (excludes halogenated alkanes) is 3. The van der Waals surface area contributed by atoms with Gasteiger partial charge in [0.05, 0.1) is 6.20 Å². The number of rotatable bonds is 9. The van der Waals surface area contributed by atoms with Gasteiger partial charge in [0.2, 0.25) is 0 Å². The van der Waals surface area contributed by atoms with Gasteiger partial charge in [-0.1, -0.05) is 35.8 Å². The lowest BCUT2D eigenvalue weighted by molar-refractivity contribution is 0.575. The van der Waals surface area contributed by atoms with Gasteiger partial charge in [-0.3, -0.25) is 0 Å². The van der Waals surface area contributed by atoms with Crippen LogP contribution < -0.4 is 4.72 Å². The molecule has 0 radical (unpaired) electrons. The molecule has 0 atom stereocenters. The summed E-state index contributed by atoms with van der Waals surface area (Å²) >= 11 is 8.42. The Morgan fingerprint density at radius 3 is 2.72 bits per heavy atom. The van der Waals surface area contributed by atoms with Crippen LogP contribution in [0.1, 0.15) is 25.7 Å². The molecule has 0 unspecified atom stereocenters. The van der Waals surface area contributed by atoms with E-state index in [1.54, 1.807) is 0 Å². The topological polar surface area (TPSA) is 59.1 Å². The fourth-order valence-corrected chi connectivity index (χ4v) is 4.27. The van der Waals surface area contributed by atoms with Crippen LogP contribution in [0.3, 0.4) is 0 Å². The number of thioether (sulfide) groups is 1. The molecule has 0 aliphatic heterocycles. The maximum Gasteiger partial charge on any atom is 0.251 e. The molecular formula is C10H17ClN2O2S3. The van der Waals surface area contributed by atoms with Crippen LogP contribution in [-0.4, -0.2) is 32.0 Å². The van der Waals surface area contributed by atoms with Crippen LogP contribution in [0.15, 0.2) is 10.4 Å². The van der Waals surface area contributed by atoms with Crippen molar-refractivity contribution < 1.29 is 8.42 Å². The van der Waals surface area contributed by atoms with E-state index in [-0.39, 0.29) is 8.68 Å². The number of thiazole rings is 1. The first kappa shape index (κ1) is 16.2. The standard InChI is InChI=1S/C10H17ClN2O2S3/c1-16-7-5-3-2-4-6-13-18(14,15)9-8-12-10(11)17-9/h8,13H,2-7H2,1H3. The first-order valence-corrected chi connectivity index (χ1v) is 9.73. The fourth-order valence-electron chi connectivity index (χ4n) is 1.37. The van der Waals surface area contributed by atoms with Crippen molar-refractivity contribution in [1.82, 2.24) is 9.71 Å². The van der Waals surface area contributed by atoms with E-state index in [1.165, 1.54) is 18.4 Å². The van der Waals surface area contributed by atoms with Crippen LogP contribution in [0.25, 0.3) is 0 Å². The van der Waals surface area contributed by atoms with E-state index < -0.39 is 10.0 Å².